The van der Waals surface area contributed by atoms with Crippen molar-refractivity contribution in [3.8, 4) is 11.3 Å². The zero-order valence-corrected chi connectivity index (χ0v) is 9.16. The van der Waals surface area contributed by atoms with Crippen molar-refractivity contribution >= 4 is 22.2 Å². The molecule has 2 aromatic rings. The molecule has 0 spiro atoms. The number of aromatic nitrogens is 1. The minimum Gasteiger partial charge on any atom is -0.258 e. The quantitative estimate of drug-likeness (QED) is 0.271. The summed E-state index contributed by atoms with van der Waals surface area (Å²) >= 11 is 1.21. The summed E-state index contributed by atoms with van der Waals surface area (Å²) in [7, 11) is 0. The van der Waals surface area contributed by atoms with Crippen molar-refractivity contribution in [2.45, 2.75) is 0 Å². The molecule has 1 aromatic heterocycles. The molecule has 0 amide bonds. The zero-order valence-electron chi connectivity index (χ0n) is 8.35. The Morgan fingerprint density at radius 2 is 2.12 bits per heavy atom. The lowest BCUT2D eigenvalue weighted by Gasteiger charge is -1.95. The van der Waals surface area contributed by atoms with E-state index in [0.717, 1.165) is 5.56 Å². The first-order chi connectivity index (χ1) is 8.20. The highest BCUT2D eigenvalue weighted by molar-refractivity contribution is 7.13. The molecule has 2 rings (SSSR count). The number of hydrogen-bond donors (Lipinski definition) is 0. The van der Waals surface area contributed by atoms with Crippen molar-refractivity contribution in [1.82, 2.24) is 4.98 Å². The molecule has 0 unspecified atom stereocenters. The summed E-state index contributed by atoms with van der Waals surface area (Å²) in [5, 5.41) is 15.9. The van der Waals surface area contributed by atoms with Crippen molar-refractivity contribution in [3.63, 3.8) is 0 Å². The third kappa shape index (κ3) is 2.39. The van der Waals surface area contributed by atoms with Crippen LogP contribution in [0, 0.1) is 10.1 Å². The second-order valence-electron chi connectivity index (χ2n) is 3.01. The van der Waals surface area contributed by atoms with E-state index in [-0.39, 0.29) is 5.69 Å². The van der Waals surface area contributed by atoms with Crippen LogP contribution in [0.2, 0.25) is 0 Å². The highest BCUT2D eigenvalue weighted by Gasteiger charge is 2.07. The summed E-state index contributed by atoms with van der Waals surface area (Å²) in [4.78, 5) is 16.7. The summed E-state index contributed by atoms with van der Waals surface area (Å²) in [6, 6.07) is 6.02. The number of nitro groups is 1. The first kappa shape index (κ1) is 11.1. The number of thiazole rings is 1. The topological polar surface area (TPSA) is 105 Å². The SMILES string of the molecule is [N-]=[N+]=Nc1nc(-c2ccc([N+](=O)[O-])cc2)cs1. The number of hydrogen-bond acceptors (Lipinski definition) is 5. The van der Waals surface area contributed by atoms with Crippen LogP contribution >= 0.6 is 11.3 Å². The van der Waals surface area contributed by atoms with E-state index in [1.165, 1.54) is 23.5 Å². The van der Waals surface area contributed by atoms with Crippen molar-refractivity contribution < 1.29 is 4.92 Å². The highest BCUT2D eigenvalue weighted by atomic mass is 32.1. The van der Waals surface area contributed by atoms with Gasteiger partial charge < -0.3 is 0 Å². The van der Waals surface area contributed by atoms with Crippen LogP contribution in [-0.2, 0) is 0 Å². The van der Waals surface area contributed by atoms with Gasteiger partial charge in [0, 0.05) is 28.0 Å². The van der Waals surface area contributed by atoms with Gasteiger partial charge in [-0.25, -0.2) is 4.98 Å². The second kappa shape index (κ2) is 4.60. The minimum absolute atomic E-state index is 0.0271. The van der Waals surface area contributed by atoms with E-state index in [2.05, 4.69) is 15.0 Å². The fourth-order valence-electron chi connectivity index (χ4n) is 1.23. The van der Waals surface area contributed by atoms with Gasteiger partial charge in [-0.05, 0) is 22.8 Å². The molecule has 0 saturated carbocycles. The molecule has 1 heterocycles. The number of rotatable bonds is 3. The normalized spacial score (nSPS) is 9.65. The summed E-state index contributed by atoms with van der Waals surface area (Å²) in [5.74, 6) is 0. The Morgan fingerprint density at radius 3 is 2.71 bits per heavy atom. The molecule has 84 valence electrons. The van der Waals surface area contributed by atoms with Crippen LogP contribution in [0.1, 0.15) is 0 Å². The Balaban J connectivity index is 2.32. The van der Waals surface area contributed by atoms with Gasteiger partial charge >= 0.3 is 0 Å². The van der Waals surface area contributed by atoms with Gasteiger partial charge in [0.15, 0.2) is 5.13 Å². The van der Waals surface area contributed by atoms with Crippen LogP contribution in [0.25, 0.3) is 21.7 Å². The first-order valence-electron chi connectivity index (χ1n) is 4.46. The number of non-ortho nitro benzene ring substituents is 1. The van der Waals surface area contributed by atoms with Crippen LogP contribution < -0.4 is 0 Å². The predicted molar refractivity (Wildman–Crippen MR) is 63.0 cm³/mol. The largest absolute Gasteiger partial charge is 0.269 e. The maximum absolute atomic E-state index is 10.5. The lowest BCUT2D eigenvalue weighted by atomic mass is 10.1. The minimum atomic E-state index is -0.462. The third-order valence-corrected chi connectivity index (χ3v) is 2.72. The van der Waals surface area contributed by atoms with Crippen molar-refractivity contribution in [1.29, 1.82) is 0 Å². The fraction of sp³-hybridized carbons (Fsp3) is 0. The standard InChI is InChI=1S/C9H5N5O2S/c10-13-12-9-11-8(5-17-9)6-1-3-7(4-2-6)14(15)16/h1-5H. The second-order valence-corrected chi connectivity index (χ2v) is 3.85. The molecule has 0 radical (unpaired) electrons. The van der Waals surface area contributed by atoms with Gasteiger partial charge in [0.1, 0.15) is 0 Å². The summed E-state index contributed by atoms with van der Waals surface area (Å²) in [5.41, 5.74) is 9.65. The molecule has 0 aliphatic rings. The van der Waals surface area contributed by atoms with Crippen molar-refractivity contribution in [2.24, 2.45) is 5.11 Å². The maximum atomic E-state index is 10.5. The fourth-order valence-corrected chi connectivity index (χ4v) is 1.88. The monoisotopic (exact) mass is 247 g/mol. The van der Waals surface area contributed by atoms with Gasteiger partial charge in [-0.1, -0.05) is 0 Å². The number of benzene rings is 1. The summed E-state index contributed by atoms with van der Waals surface area (Å²) in [6.45, 7) is 0. The average Bonchev–Trinajstić information content (AvgIpc) is 2.78. The van der Waals surface area contributed by atoms with E-state index >= 15 is 0 Å². The molecule has 1 aromatic carbocycles. The number of nitrogens with zero attached hydrogens (tertiary/aromatic N) is 5. The zero-order chi connectivity index (χ0) is 12.3. The summed E-state index contributed by atoms with van der Waals surface area (Å²) in [6.07, 6.45) is 0. The van der Waals surface area contributed by atoms with E-state index in [9.17, 15) is 10.1 Å². The van der Waals surface area contributed by atoms with Gasteiger partial charge in [0.05, 0.1) is 10.6 Å². The molecule has 0 aliphatic heterocycles. The Hall–Kier alpha value is -2.44. The molecule has 0 fully saturated rings. The Morgan fingerprint density at radius 1 is 1.41 bits per heavy atom. The van der Waals surface area contributed by atoms with Crippen LogP contribution in [0.15, 0.2) is 34.8 Å². The molecule has 17 heavy (non-hydrogen) atoms. The summed E-state index contributed by atoms with van der Waals surface area (Å²) < 4.78 is 0. The molecular weight excluding hydrogens is 242 g/mol. The van der Waals surface area contributed by atoms with Gasteiger partial charge in [0.2, 0.25) is 0 Å². The molecule has 0 N–H and O–H groups in total. The van der Waals surface area contributed by atoms with Gasteiger partial charge in [-0.3, -0.25) is 10.1 Å². The first-order valence-corrected chi connectivity index (χ1v) is 5.34. The Labute approximate surface area is 99.1 Å². The van der Waals surface area contributed by atoms with Crippen LogP contribution in [0.5, 0.6) is 0 Å². The van der Waals surface area contributed by atoms with Crippen molar-refractivity contribution in [3.05, 3.63) is 50.2 Å². The van der Waals surface area contributed by atoms with E-state index in [0.29, 0.717) is 10.8 Å². The van der Waals surface area contributed by atoms with Crippen LogP contribution in [0.3, 0.4) is 0 Å². The van der Waals surface area contributed by atoms with Gasteiger partial charge in [-0.15, -0.1) is 11.3 Å². The molecule has 0 atom stereocenters. The van der Waals surface area contributed by atoms with Crippen LogP contribution in [-0.4, -0.2) is 9.91 Å². The van der Waals surface area contributed by atoms with Gasteiger partial charge in [-0.2, -0.15) is 0 Å². The smallest absolute Gasteiger partial charge is 0.258 e. The molecule has 0 aliphatic carbocycles. The maximum Gasteiger partial charge on any atom is 0.269 e. The molecular formula is C9H5N5O2S. The van der Waals surface area contributed by atoms with E-state index in [4.69, 9.17) is 5.53 Å². The third-order valence-electron chi connectivity index (χ3n) is 2.00. The highest BCUT2D eigenvalue weighted by Crippen LogP contribution is 2.27. The number of nitro benzene ring substituents is 1. The van der Waals surface area contributed by atoms with E-state index in [1.54, 1.807) is 17.5 Å². The van der Waals surface area contributed by atoms with Crippen molar-refractivity contribution in [2.75, 3.05) is 0 Å². The van der Waals surface area contributed by atoms with Crippen LogP contribution in [0.4, 0.5) is 10.8 Å². The lowest BCUT2D eigenvalue weighted by molar-refractivity contribution is -0.384. The Kier molecular flexibility index (Phi) is 2.99. The molecule has 7 nitrogen and oxygen atoms in total. The molecule has 0 saturated heterocycles. The van der Waals surface area contributed by atoms with E-state index < -0.39 is 4.92 Å². The van der Waals surface area contributed by atoms with Gasteiger partial charge in [0.25, 0.3) is 5.69 Å². The molecule has 0 bridgehead atoms. The average molecular weight is 247 g/mol. The molecule has 8 heteroatoms. The lowest BCUT2D eigenvalue weighted by Crippen LogP contribution is -1.87. The predicted octanol–water partition coefficient (Wildman–Crippen LogP) is 3.66. The van der Waals surface area contributed by atoms with E-state index in [1.807, 2.05) is 0 Å². The number of azide groups is 1. The Bertz CT molecular complexity index is 600.